The Morgan fingerprint density at radius 3 is 2.81 bits per heavy atom. The van der Waals surface area contributed by atoms with Gasteiger partial charge in [0.25, 0.3) is 0 Å². The first-order valence-corrected chi connectivity index (χ1v) is 6.56. The largest absolute Gasteiger partial charge is 0.495 e. The van der Waals surface area contributed by atoms with Gasteiger partial charge < -0.3 is 14.5 Å². The van der Waals surface area contributed by atoms with E-state index in [0.29, 0.717) is 17.2 Å². The lowest BCUT2D eigenvalue weighted by Crippen LogP contribution is -2.32. The van der Waals surface area contributed by atoms with E-state index in [4.69, 9.17) is 21.4 Å². The molecule has 0 saturated carbocycles. The third-order valence-electron chi connectivity index (χ3n) is 2.53. The summed E-state index contributed by atoms with van der Waals surface area (Å²) in [5.41, 5.74) is 0.681. The fourth-order valence-electron chi connectivity index (χ4n) is 1.60. The predicted octanol–water partition coefficient (Wildman–Crippen LogP) is 2.81. The average Bonchev–Trinajstić information content (AvgIpc) is 2.99. The number of methoxy groups -OCH3 is 1. The maximum atomic E-state index is 11.7. The van der Waals surface area contributed by atoms with Crippen molar-refractivity contribution in [2.45, 2.75) is 0 Å². The van der Waals surface area contributed by atoms with Crippen LogP contribution < -0.4 is 15.4 Å². The highest BCUT2D eigenvalue weighted by atomic mass is 32.1. The van der Waals surface area contributed by atoms with Crippen LogP contribution in [-0.4, -0.2) is 18.1 Å². The summed E-state index contributed by atoms with van der Waals surface area (Å²) in [6, 6.07) is 10.8. The Morgan fingerprint density at radius 2 is 2.10 bits per heavy atom. The monoisotopic (exact) mass is 302 g/mol. The Hall–Kier alpha value is -2.60. The van der Waals surface area contributed by atoms with Gasteiger partial charge in [0.05, 0.1) is 19.1 Å². The number of carbonyl (C=O) groups is 1. The van der Waals surface area contributed by atoms with Crippen LogP contribution in [0.15, 0.2) is 53.2 Å². The SMILES string of the molecule is COc1ccccc1NC(=S)NC(=O)/C=C/c1ccco1. The summed E-state index contributed by atoms with van der Waals surface area (Å²) in [6.45, 7) is 0. The maximum absolute atomic E-state index is 11.7. The van der Waals surface area contributed by atoms with E-state index in [2.05, 4.69) is 10.6 Å². The van der Waals surface area contributed by atoms with Gasteiger partial charge in [0, 0.05) is 6.08 Å². The van der Waals surface area contributed by atoms with Gasteiger partial charge in [0.2, 0.25) is 5.91 Å². The average molecular weight is 302 g/mol. The molecule has 1 amide bonds. The van der Waals surface area contributed by atoms with E-state index in [0.717, 1.165) is 0 Å². The number of anilines is 1. The summed E-state index contributed by atoms with van der Waals surface area (Å²) in [4.78, 5) is 11.7. The summed E-state index contributed by atoms with van der Waals surface area (Å²) in [5.74, 6) is 0.882. The molecule has 1 aromatic heterocycles. The van der Waals surface area contributed by atoms with Crippen LogP contribution in [0.1, 0.15) is 5.76 Å². The van der Waals surface area contributed by atoms with Crippen LogP contribution in [0, 0.1) is 0 Å². The van der Waals surface area contributed by atoms with Crippen LogP contribution in [-0.2, 0) is 4.79 Å². The molecule has 21 heavy (non-hydrogen) atoms. The molecule has 0 spiro atoms. The summed E-state index contributed by atoms with van der Waals surface area (Å²) in [5, 5.41) is 5.63. The van der Waals surface area contributed by atoms with Crippen molar-refractivity contribution in [2.75, 3.05) is 12.4 Å². The maximum Gasteiger partial charge on any atom is 0.250 e. The number of ether oxygens (including phenoxy) is 1. The van der Waals surface area contributed by atoms with Crippen LogP contribution in [0.25, 0.3) is 6.08 Å². The van der Waals surface area contributed by atoms with Crippen molar-refractivity contribution in [1.29, 1.82) is 0 Å². The van der Waals surface area contributed by atoms with Crippen LogP contribution in [0.2, 0.25) is 0 Å². The molecule has 6 heteroatoms. The highest BCUT2D eigenvalue weighted by molar-refractivity contribution is 7.80. The quantitative estimate of drug-likeness (QED) is 0.671. The standard InChI is InChI=1S/C15H14N2O3S/c1-19-13-7-3-2-6-12(13)16-15(21)17-14(18)9-8-11-5-4-10-20-11/h2-10H,1H3,(H2,16,17,18,21)/b9-8+. The molecular weight excluding hydrogens is 288 g/mol. The van der Waals surface area contributed by atoms with Crippen molar-refractivity contribution in [1.82, 2.24) is 5.32 Å². The number of carbonyl (C=O) groups excluding carboxylic acids is 1. The van der Waals surface area contributed by atoms with Gasteiger partial charge in [-0.2, -0.15) is 0 Å². The number of hydrogen-bond donors (Lipinski definition) is 2. The summed E-state index contributed by atoms with van der Waals surface area (Å²) >= 11 is 5.08. The van der Waals surface area contributed by atoms with Crippen LogP contribution >= 0.6 is 12.2 Å². The lowest BCUT2D eigenvalue weighted by atomic mass is 10.3. The second kappa shape index (κ2) is 7.25. The highest BCUT2D eigenvalue weighted by Crippen LogP contribution is 2.22. The second-order valence-electron chi connectivity index (χ2n) is 3.99. The topological polar surface area (TPSA) is 63.5 Å². The molecule has 0 unspecified atom stereocenters. The molecule has 0 radical (unpaired) electrons. The van der Waals surface area contributed by atoms with Gasteiger partial charge in [-0.05, 0) is 42.6 Å². The van der Waals surface area contributed by atoms with E-state index in [1.165, 1.54) is 12.3 Å². The fourth-order valence-corrected chi connectivity index (χ4v) is 1.81. The predicted molar refractivity (Wildman–Crippen MR) is 85.1 cm³/mol. The number of nitrogens with one attached hydrogen (secondary N) is 2. The third-order valence-corrected chi connectivity index (χ3v) is 2.74. The van der Waals surface area contributed by atoms with Crippen molar-refractivity contribution in [3.05, 3.63) is 54.5 Å². The molecule has 0 atom stereocenters. The van der Waals surface area contributed by atoms with Crippen molar-refractivity contribution in [3.63, 3.8) is 0 Å². The number of thiocarbonyl (C=S) groups is 1. The van der Waals surface area contributed by atoms with Gasteiger partial charge in [-0.25, -0.2) is 0 Å². The number of furan rings is 1. The van der Waals surface area contributed by atoms with Gasteiger partial charge in [-0.3, -0.25) is 10.1 Å². The van der Waals surface area contributed by atoms with Gasteiger partial charge in [-0.1, -0.05) is 12.1 Å². The third kappa shape index (κ3) is 4.47. The van der Waals surface area contributed by atoms with E-state index in [1.807, 2.05) is 12.1 Å². The zero-order valence-corrected chi connectivity index (χ0v) is 12.1. The molecular formula is C15H14N2O3S. The van der Waals surface area contributed by atoms with E-state index < -0.39 is 0 Å². The van der Waals surface area contributed by atoms with Crippen LogP contribution in [0.5, 0.6) is 5.75 Å². The molecule has 0 aliphatic rings. The van der Waals surface area contributed by atoms with Gasteiger partial charge in [-0.15, -0.1) is 0 Å². The van der Waals surface area contributed by atoms with Crippen LogP contribution in [0.4, 0.5) is 5.69 Å². The molecule has 2 N–H and O–H groups in total. The number of para-hydroxylation sites is 2. The first kappa shape index (κ1) is 14.8. The number of rotatable bonds is 4. The molecule has 1 aromatic carbocycles. The Bertz CT molecular complexity index is 651. The summed E-state index contributed by atoms with van der Waals surface area (Å²) in [7, 11) is 1.56. The first-order valence-electron chi connectivity index (χ1n) is 6.15. The zero-order valence-electron chi connectivity index (χ0n) is 11.3. The second-order valence-corrected chi connectivity index (χ2v) is 4.40. The molecule has 0 aliphatic heterocycles. The molecule has 0 bridgehead atoms. The van der Waals surface area contributed by atoms with Gasteiger partial charge in [0.15, 0.2) is 5.11 Å². The van der Waals surface area contributed by atoms with E-state index in [1.54, 1.807) is 37.5 Å². The lowest BCUT2D eigenvalue weighted by Gasteiger charge is -2.11. The van der Waals surface area contributed by atoms with E-state index >= 15 is 0 Å². The molecule has 1 heterocycles. The zero-order chi connectivity index (χ0) is 15.1. The first-order chi connectivity index (χ1) is 10.2. The Kier molecular flexibility index (Phi) is 5.11. The van der Waals surface area contributed by atoms with Gasteiger partial charge >= 0.3 is 0 Å². The fraction of sp³-hybridized carbons (Fsp3) is 0.0667. The summed E-state index contributed by atoms with van der Waals surface area (Å²) in [6.07, 6.45) is 4.43. The number of amides is 1. The Morgan fingerprint density at radius 1 is 1.29 bits per heavy atom. The van der Waals surface area contributed by atoms with Crippen molar-refractivity contribution >= 4 is 35.0 Å². The highest BCUT2D eigenvalue weighted by Gasteiger charge is 2.05. The van der Waals surface area contributed by atoms with E-state index in [9.17, 15) is 4.79 Å². The molecule has 0 saturated heterocycles. The van der Waals surface area contributed by atoms with Crippen molar-refractivity contribution < 1.29 is 13.9 Å². The van der Waals surface area contributed by atoms with E-state index in [-0.39, 0.29) is 11.0 Å². The number of hydrogen-bond acceptors (Lipinski definition) is 4. The summed E-state index contributed by atoms with van der Waals surface area (Å²) < 4.78 is 10.3. The van der Waals surface area contributed by atoms with Crippen molar-refractivity contribution in [3.8, 4) is 5.75 Å². The molecule has 0 aliphatic carbocycles. The minimum absolute atomic E-state index is 0.189. The molecule has 2 aromatic rings. The van der Waals surface area contributed by atoms with Crippen molar-refractivity contribution in [2.24, 2.45) is 0 Å². The molecule has 5 nitrogen and oxygen atoms in total. The number of benzene rings is 1. The smallest absolute Gasteiger partial charge is 0.250 e. The minimum atomic E-state index is -0.348. The Labute approximate surface area is 127 Å². The molecule has 2 rings (SSSR count). The normalized spacial score (nSPS) is 10.3. The minimum Gasteiger partial charge on any atom is -0.495 e. The van der Waals surface area contributed by atoms with Crippen LogP contribution in [0.3, 0.4) is 0 Å². The lowest BCUT2D eigenvalue weighted by molar-refractivity contribution is -0.115. The Balaban J connectivity index is 1.91. The van der Waals surface area contributed by atoms with Gasteiger partial charge in [0.1, 0.15) is 11.5 Å². The molecule has 108 valence electrons. The molecule has 0 fully saturated rings.